The Bertz CT molecular complexity index is 793. The molecule has 1 atom stereocenters. The van der Waals surface area contributed by atoms with E-state index in [0.717, 1.165) is 50.7 Å². The van der Waals surface area contributed by atoms with Crippen LogP contribution in [0.5, 0.6) is 0 Å². The predicted molar refractivity (Wildman–Crippen MR) is 105 cm³/mol. The highest BCUT2D eigenvalue weighted by atomic mass is 19.4. The first kappa shape index (κ1) is 22.6. The van der Waals surface area contributed by atoms with Crippen LogP contribution in [0.25, 0.3) is 0 Å². The summed E-state index contributed by atoms with van der Waals surface area (Å²) in [6.07, 6.45) is 0.494. The SMILES string of the molecule is CC1(CC(N)=O)CCC(N(C(=O)c2ccc([C@](C)(O)C(F)(F)F)cc2)C2CC2)CC1. The van der Waals surface area contributed by atoms with Crippen LogP contribution in [0, 0.1) is 5.41 Å². The van der Waals surface area contributed by atoms with E-state index in [0.29, 0.717) is 18.9 Å². The lowest BCUT2D eigenvalue weighted by Crippen LogP contribution is -2.45. The summed E-state index contributed by atoms with van der Waals surface area (Å²) in [6.45, 7) is 2.74. The number of alkyl halides is 3. The largest absolute Gasteiger partial charge is 0.421 e. The van der Waals surface area contributed by atoms with Crippen molar-refractivity contribution in [1.29, 1.82) is 0 Å². The number of rotatable bonds is 6. The maximum Gasteiger partial charge on any atom is 0.421 e. The number of nitrogens with zero attached hydrogens (tertiary/aromatic N) is 1. The molecule has 0 aliphatic heterocycles. The van der Waals surface area contributed by atoms with Gasteiger partial charge in [0.05, 0.1) is 0 Å². The molecule has 0 aromatic heterocycles. The van der Waals surface area contributed by atoms with Crippen molar-refractivity contribution in [3.05, 3.63) is 35.4 Å². The molecular formula is C22H29F3N2O3. The maximum atomic E-state index is 13.2. The van der Waals surface area contributed by atoms with Gasteiger partial charge in [-0.15, -0.1) is 0 Å². The van der Waals surface area contributed by atoms with E-state index < -0.39 is 11.8 Å². The van der Waals surface area contributed by atoms with Crippen molar-refractivity contribution in [3.63, 3.8) is 0 Å². The van der Waals surface area contributed by atoms with Crippen molar-refractivity contribution >= 4 is 11.8 Å². The lowest BCUT2D eigenvalue weighted by atomic mass is 9.71. The zero-order chi connectivity index (χ0) is 22.3. The Morgan fingerprint density at radius 1 is 1.10 bits per heavy atom. The van der Waals surface area contributed by atoms with Crippen molar-refractivity contribution in [1.82, 2.24) is 4.90 Å². The first-order chi connectivity index (χ1) is 13.8. The molecular weight excluding hydrogens is 397 g/mol. The van der Waals surface area contributed by atoms with Crippen molar-refractivity contribution in [2.45, 2.75) is 82.7 Å². The molecule has 5 nitrogen and oxygen atoms in total. The molecule has 2 fully saturated rings. The third kappa shape index (κ3) is 4.63. The number of primary amides is 1. The van der Waals surface area contributed by atoms with E-state index in [4.69, 9.17) is 5.73 Å². The van der Waals surface area contributed by atoms with Crippen LogP contribution in [0.2, 0.25) is 0 Å². The summed E-state index contributed by atoms with van der Waals surface area (Å²) in [5.74, 6) is -0.514. The monoisotopic (exact) mass is 426 g/mol. The lowest BCUT2D eigenvalue weighted by Gasteiger charge is -2.41. The molecule has 3 rings (SSSR count). The summed E-state index contributed by atoms with van der Waals surface area (Å²) in [5.41, 5.74) is 2.26. The molecule has 2 aliphatic carbocycles. The van der Waals surface area contributed by atoms with Gasteiger partial charge in [-0.1, -0.05) is 19.1 Å². The molecule has 0 radical (unpaired) electrons. The molecule has 0 spiro atoms. The van der Waals surface area contributed by atoms with Crippen LogP contribution in [0.3, 0.4) is 0 Å². The minimum Gasteiger partial charge on any atom is -0.376 e. The zero-order valence-corrected chi connectivity index (χ0v) is 17.3. The molecule has 2 aliphatic rings. The average Bonchev–Trinajstić information content (AvgIpc) is 3.47. The molecule has 0 bridgehead atoms. The minimum atomic E-state index is -4.81. The average molecular weight is 426 g/mol. The molecule has 1 aromatic rings. The van der Waals surface area contributed by atoms with Crippen LogP contribution < -0.4 is 5.73 Å². The van der Waals surface area contributed by atoms with Crippen LogP contribution in [0.4, 0.5) is 13.2 Å². The fourth-order valence-corrected chi connectivity index (χ4v) is 4.41. The standard InChI is InChI=1S/C22H29F3N2O3/c1-20(13-18(26)28)11-9-17(10-12-20)27(16-7-8-16)19(29)14-3-5-15(6-4-14)21(2,30)22(23,24)25/h3-6,16-17,30H,7-13H2,1-2H3,(H2,26,28)/t17?,20?,21-/m0/s1. The van der Waals surface area contributed by atoms with E-state index in [1.165, 1.54) is 12.1 Å². The van der Waals surface area contributed by atoms with Gasteiger partial charge in [0, 0.05) is 24.1 Å². The summed E-state index contributed by atoms with van der Waals surface area (Å²) in [5, 5.41) is 9.82. The quantitative estimate of drug-likeness (QED) is 0.724. The Kier molecular flexibility index (Phi) is 5.93. The maximum absolute atomic E-state index is 13.2. The van der Waals surface area contributed by atoms with Gasteiger partial charge in [-0.25, -0.2) is 0 Å². The smallest absolute Gasteiger partial charge is 0.376 e. The minimum absolute atomic E-state index is 0.0453. The zero-order valence-electron chi connectivity index (χ0n) is 17.3. The van der Waals surface area contributed by atoms with Gasteiger partial charge in [0.1, 0.15) is 0 Å². The molecule has 0 heterocycles. The van der Waals surface area contributed by atoms with Crippen molar-refractivity contribution in [3.8, 4) is 0 Å². The second-order valence-electron chi connectivity index (χ2n) is 9.28. The Labute approximate surface area is 174 Å². The highest BCUT2D eigenvalue weighted by Gasteiger charge is 2.51. The normalized spacial score (nSPS) is 26.7. The third-order valence-electron chi connectivity index (χ3n) is 6.58. The number of amides is 2. The number of benzene rings is 1. The van der Waals surface area contributed by atoms with Crippen molar-refractivity contribution in [2.75, 3.05) is 0 Å². The Hall–Kier alpha value is -2.09. The fraction of sp³-hybridized carbons (Fsp3) is 0.636. The van der Waals surface area contributed by atoms with E-state index in [2.05, 4.69) is 0 Å². The molecule has 8 heteroatoms. The van der Waals surface area contributed by atoms with Crippen molar-refractivity contribution < 1.29 is 27.9 Å². The summed E-state index contributed by atoms with van der Waals surface area (Å²) in [7, 11) is 0. The number of hydrogen-bond donors (Lipinski definition) is 2. The summed E-state index contributed by atoms with van der Waals surface area (Å²) >= 11 is 0. The Morgan fingerprint density at radius 3 is 2.03 bits per heavy atom. The Morgan fingerprint density at radius 2 is 1.60 bits per heavy atom. The number of nitrogens with two attached hydrogens (primary N) is 1. The van der Waals surface area contributed by atoms with E-state index in [1.54, 1.807) is 0 Å². The van der Waals surface area contributed by atoms with Gasteiger partial charge in [0.25, 0.3) is 5.91 Å². The van der Waals surface area contributed by atoms with Crippen LogP contribution in [0.1, 0.15) is 74.7 Å². The van der Waals surface area contributed by atoms with Crippen LogP contribution in [-0.2, 0) is 10.4 Å². The molecule has 3 N–H and O–H groups in total. The van der Waals surface area contributed by atoms with E-state index in [-0.39, 0.29) is 34.9 Å². The molecule has 2 amide bonds. The molecule has 1 aromatic carbocycles. The second-order valence-corrected chi connectivity index (χ2v) is 9.28. The topological polar surface area (TPSA) is 83.6 Å². The van der Waals surface area contributed by atoms with Gasteiger partial charge >= 0.3 is 6.18 Å². The number of halogens is 3. The molecule has 166 valence electrons. The first-order valence-corrected chi connectivity index (χ1v) is 10.3. The third-order valence-corrected chi connectivity index (χ3v) is 6.58. The Balaban J connectivity index is 1.74. The van der Waals surface area contributed by atoms with E-state index in [9.17, 15) is 27.9 Å². The second kappa shape index (κ2) is 7.87. The van der Waals surface area contributed by atoms with Gasteiger partial charge in [0.2, 0.25) is 5.91 Å². The summed E-state index contributed by atoms with van der Waals surface area (Å²) in [4.78, 5) is 26.4. The molecule has 2 saturated carbocycles. The van der Waals surface area contributed by atoms with E-state index in [1.807, 2.05) is 11.8 Å². The first-order valence-electron chi connectivity index (χ1n) is 10.3. The molecule has 30 heavy (non-hydrogen) atoms. The summed E-state index contributed by atoms with van der Waals surface area (Å²) in [6, 6.07) is 5.23. The van der Waals surface area contributed by atoms with Crippen molar-refractivity contribution in [2.24, 2.45) is 11.1 Å². The molecule has 0 unspecified atom stereocenters. The van der Waals surface area contributed by atoms with Crippen LogP contribution in [-0.4, -0.2) is 40.1 Å². The number of carbonyl (C=O) groups excluding carboxylic acids is 2. The molecule has 0 saturated heterocycles. The van der Waals surface area contributed by atoms with Crippen LogP contribution >= 0.6 is 0 Å². The van der Waals surface area contributed by atoms with Gasteiger partial charge in [0.15, 0.2) is 5.60 Å². The van der Waals surface area contributed by atoms with Gasteiger partial charge < -0.3 is 15.7 Å². The van der Waals surface area contributed by atoms with E-state index >= 15 is 0 Å². The van der Waals surface area contributed by atoms with Gasteiger partial charge in [-0.05, 0) is 68.6 Å². The van der Waals surface area contributed by atoms with Crippen LogP contribution in [0.15, 0.2) is 24.3 Å². The number of aliphatic hydroxyl groups is 1. The predicted octanol–water partition coefficient (Wildman–Crippen LogP) is 3.89. The van der Waals surface area contributed by atoms with Gasteiger partial charge in [-0.3, -0.25) is 9.59 Å². The van der Waals surface area contributed by atoms with Gasteiger partial charge in [-0.2, -0.15) is 13.2 Å². The number of hydrogen-bond acceptors (Lipinski definition) is 3. The lowest BCUT2D eigenvalue weighted by molar-refractivity contribution is -0.258. The highest BCUT2D eigenvalue weighted by molar-refractivity contribution is 5.95. The highest BCUT2D eigenvalue weighted by Crippen LogP contribution is 2.43. The summed E-state index contributed by atoms with van der Waals surface area (Å²) < 4.78 is 39.2. The fourth-order valence-electron chi connectivity index (χ4n) is 4.41. The number of carbonyl (C=O) groups is 2.